The van der Waals surface area contributed by atoms with E-state index in [1.165, 1.54) is 31.4 Å². The summed E-state index contributed by atoms with van der Waals surface area (Å²) >= 11 is 11.5. The number of rotatable bonds is 5. The maximum Gasteiger partial charge on any atom is 0.342 e. The van der Waals surface area contributed by atoms with E-state index in [4.69, 9.17) is 38.4 Å². The molecule has 132 valence electrons. The third-order valence-corrected chi connectivity index (χ3v) is 3.64. The maximum atomic E-state index is 13.6. The molecule has 0 aliphatic rings. The fraction of sp³-hybridized carbons (Fsp3) is 0.125. The number of nitrogens with one attached hydrogen (secondary N) is 1. The van der Waals surface area contributed by atoms with Gasteiger partial charge in [-0.2, -0.15) is 0 Å². The molecule has 0 heterocycles. The molecule has 2 aromatic carbocycles. The van der Waals surface area contributed by atoms with Gasteiger partial charge in [-0.1, -0.05) is 23.2 Å². The largest absolute Gasteiger partial charge is 0.496 e. The van der Waals surface area contributed by atoms with Gasteiger partial charge in [0.25, 0.3) is 5.91 Å². The number of halogens is 3. The van der Waals surface area contributed by atoms with Crippen LogP contribution in [-0.2, 0) is 9.53 Å². The van der Waals surface area contributed by atoms with E-state index in [1.807, 2.05) is 0 Å². The lowest BCUT2D eigenvalue weighted by molar-refractivity contribution is -0.119. The van der Waals surface area contributed by atoms with Crippen LogP contribution in [0.5, 0.6) is 5.75 Å². The summed E-state index contributed by atoms with van der Waals surface area (Å²) in [5.41, 5.74) is 5.77. The molecule has 0 fully saturated rings. The van der Waals surface area contributed by atoms with Crippen molar-refractivity contribution in [2.45, 2.75) is 0 Å². The number of hydrogen-bond acceptors (Lipinski definition) is 5. The minimum atomic E-state index is -0.842. The Bertz CT molecular complexity index is 830. The summed E-state index contributed by atoms with van der Waals surface area (Å²) in [7, 11) is 1.34. The zero-order chi connectivity index (χ0) is 18.6. The monoisotopic (exact) mass is 386 g/mol. The van der Waals surface area contributed by atoms with E-state index in [1.54, 1.807) is 0 Å². The second-order valence-corrected chi connectivity index (χ2v) is 5.67. The average molecular weight is 387 g/mol. The molecule has 0 aliphatic carbocycles. The van der Waals surface area contributed by atoms with Crippen molar-refractivity contribution in [1.82, 2.24) is 0 Å². The SMILES string of the molecule is COc1cc(N)c(Cl)cc1C(=O)OCC(=O)Nc1ccc(Cl)cc1F. The van der Waals surface area contributed by atoms with Gasteiger partial charge in [-0.15, -0.1) is 0 Å². The van der Waals surface area contributed by atoms with Gasteiger partial charge < -0.3 is 20.5 Å². The van der Waals surface area contributed by atoms with Crippen molar-refractivity contribution in [3.05, 3.63) is 51.8 Å². The molecule has 1 amide bonds. The zero-order valence-electron chi connectivity index (χ0n) is 12.9. The van der Waals surface area contributed by atoms with Crippen LogP contribution < -0.4 is 15.8 Å². The van der Waals surface area contributed by atoms with E-state index in [-0.39, 0.29) is 32.7 Å². The molecule has 2 aromatic rings. The highest BCUT2D eigenvalue weighted by Gasteiger charge is 2.18. The number of hydrogen-bond donors (Lipinski definition) is 2. The van der Waals surface area contributed by atoms with Crippen LogP contribution in [0.25, 0.3) is 0 Å². The Hall–Kier alpha value is -2.51. The van der Waals surface area contributed by atoms with Gasteiger partial charge in [-0.25, -0.2) is 9.18 Å². The van der Waals surface area contributed by atoms with Crippen LogP contribution in [0.3, 0.4) is 0 Å². The molecule has 0 spiro atoms. The number of esters is 1. The molecular weight excluding hydrogens is 374 g/mol. The molecule has 0 saturated heterocycles. The topological polar surface area (TPSA) is 90.7 Å². The van der Waals surface area contributed by atoms with Crippen LogP contribution >= 0.6 is 23.2 Å². The Morgan fingerprint density at radius 2 is 1.96 bits per heavy atom. The summed E-state index contributed by atoms with van der Waals surface area (Å²) in [4.78, 5) is 23.9. The Morgan fingerprint density at radius 3 is 2.60 bits per heavy atom. The van der Waals surface area contributed by atoms with E-state index in [2.05, 4.69) is 5.32 Å². The molecule has 25 heavy (non-hydrogen) atoms. The normalized spacial score (nSPS) is 10.2. The molecule has 0 unspecified atom stereocenters. The van der Waals surface area contributed by atoms with Crippen LogP contribution in [0.15, 0.2) is 30.3 Å². The highest BCUT2D eigenvalue weighted by atomic mass is 35.5. The Kier molecular flexibility index (Phi) is 6.06. The van der Waals surface area contributed by atoms with Crippen LogP contribution in [0.2, 0.25) is 10.0 Å². The van der Waals surface area contributed by atoms with E-state index in [0.29, 0.717) is 0 Å². The third-order valence-electron chi connectivity index (χ3n) is 3.08. The lowest BCUT2D eigenvalue weighted by Crippen LogP contribution is -2.21. The van der Waals surface area contributed by atoms with Crippen LogP contribution in [0.1, 0.15) is 10.4 Å². The smallest absolute Gasteiger partial charge is 0.342 e. The number of methoxy groups -OCH3 is 1. The number of nitrogens with two attached hydrogens (primary N) is 1. The Morgan fingerprint density at radius 1 is 1.24 bits per heavy atom. The first kappa shape index (κ1) is 18.8. The molecule has 3 N–H and O–H groups in total. The predicted octanol–water partition coefficient (Wildman–Crippen LogP) is 3.52. The Labute approximate surface area is 152 Å². The first-order chi connectivity index (χ1) is 11.8. The van der Waals surface area contributed by atoms with Gasteiger partial charge in [-0.3, -0.25) is 4.79 Å². The van der Waals surface area contributed by atoms with Gasteiger partial charge >= 0.3 is 5.97 Å². The maximum absolute atomic E-state index is 13.6. The van der Waals surface area contributed by atoms with Crippen LogP contribution in [-0.4, -0.2) is 25.6 Å². The summed E-state index contributed by atoms with van der Waals surface area (Å²) < 4.78 is 23.5. The molecule has 6 nitrogen and oxygen atoms in total. The lowest BCUT2D eigenvalue weighted by Gasteiger charge is -2.11. The number of nitrogen functional groups attached to an aromatic ring is 1. The molecule has 0 atom stereocenters. The van der Waals surface area contributed by atoms with E-state index in [0.717, 1.165) is 6.07 Å². The molecule has 0 bridgehead atoms. The van der Waals surface area contributed by atoms with Gasteiger partial charge in [-0.05, 0) is 24.3 Å². The number of carbonyl (C=O) groups excluding carboxylic acids is 2. The van der Waals surface area contributed by atoms with Crippen molar-refractivity contribution in [3.63, 3.8) is 0 Å². The molecular formula is C16H13Cl2FN2O4. The lowest BCUT2D eigenvalue weighted by atomic mass is 10.2. The number of carbonyl (C=O) groups is 2. The molecule has 0 aliphatic heterocycles. The highest BCUT2D eigenvalue weighted by Crippen LogP contribution is 2.29. The minimum Gasteiger partial charge on any atom is -0.496 e. The fourth-order valence-electron chi connectivity index (χ4n) is 1.88. The van der Waals surface area contributed by atoms with Crippen molar-refractivity contribution in [3.8, 4) is 5.75 Å². The molecule has 0 radical (unpaired) electrons. The summed E-state index contributed by atoms with van der Waals surface area (Å²) in [6.07, 6.45) is 0. The van der Waals surface area contributed by atoms with E-state index < -0.39 is 24.3 Å². The van der Waals surface area contributed by atoms with Crippen molar-refractivity contribution in [2.24, 2.45) is 0 Å². The fourth-order valence-corrected chi connectivity index (χ4v) is 2.21. The first-order valence-electron chi connectivity index (χ1n) is 6.87. The van der Waals surface area contributed by atoms with Crippen LogP contribution in [0, 0.1) is 5.82 Å². The minimum absolute atomic E-state index is 0.00664. The third kappa shape index (κ3) is 4.74. The van der Waals surface area contributed by atoms with Gasteiger partial charge in [0.2, 0.25) is 0 Å². The van der Waals surface area contributed by atoms with E-state index >= 15 is 0 Å². The Balaban J connectivity index is 2.02. The van der Waals surface area contributed by atoms with Crippen molar-refractivity contribution in [2.75, 3.05) is 24.8 Å². The van der Waals surface area contributed by atoms with Gasteiger partial charge in [0.1, 0.15) is 17.1 Å². The quantitative estimate of drug-likeness (QED) is 0.605. The number of benzene rings is 2. The molecule has 2 rings (SSSR count). The number of ether oxygens (including phenoxy) is 2. The summed E-state index contributed by atoms with van der Waals surface area (Å²) in [6, 6.07) is 6.38. The number of amides is 1. The first-order valence-corrected chi connectivity index (χ1v) is 7.62. The molecule has 0 aromatic heterocycles. The molecule has 0 saturated carbocycles. The van der Waals surface area contributed by atoms with Crippen molar-refractivity contribution < 1.29 is 23.5 Å². The second kappa shape index (κ2) is 8.04. The van der Waals surface area contributed by atoms with Crippen LogP contribution in [0.4, 0.5) is 15.8 Å². The zero-order valence-corrected chi connectivity index (χ0v) is 14.4. The average Bonchev–Trinajstić information content (AvgIpc) is 2.57. The summed E-state index contributed by atoms with van der Waals surface area (Å²) in [5.74, 6) is -2.13. The van der Waals surface area contributed by atoms with Gasteiger partial charge in [0.05, 0.1) is 23.5 Å². The van der Waals surface area contributed by atoms with Crippen molar-refractivity contribution >= 4 is 46.5 Å². The summed E-state index contributed by atoms with van der Waals surface area (Å²) in [6.45, 7) is -0.633. The standard InChI is InChI=1S/C16H13Cl2FN2O4/c1-24-14-6-12(20)10(18)5-9(14)16(23)25-7-15(22)21-13-3-2-8(17)4-11(13)19/h2-6H,7,20H2,1H3,(H,21,22). The highest BCUT2D eigenvalue weighted by molar-refractivity contribution is 6.33. The van der Waals surface area contributed by atoms with Gasteiger partial charge in [0, 0.05) is 11.1 Å². The molecule has 9 heteroatoms. The van der Waals surface area contributed by atoms with Gasteiger partial charge in [0.15, 0.2) is 6.61 Å². The van der Waals surface area contributed by atoms with E-state index in [9.17, 15) is 14.0 Å². The second-order valence-electron chi connectivity index (χ2n) is 4.82. The van der Waals surface area contributed by atoms with Crippen molar-refractivity contribution in [1.29, 1.82) is 0 Å². The predicted molar refractivity (Wildman–Crippen MR) is 92.7 cm³/mol. The summed E-state index contributed by atoms with van der Waals surface area (Å²) in [5, 5.41) is 2.59. The number of anilines is 2.